The number of nitrogens with zero attached hydrogens (tertiary/aromatic N) is 3. The van der Waals surface area contributed by atoms with E-state index in [0.29, 0.717) is 36.5 Å². The molecule has 0 radical (unpaired) electrons. The topological polar surface area (TPSA) is 112 Å². The molecule has 0 aliphatic carbocycles. The minimum absolute atomic E-state index is 0. The van der Waals surface area contributed by atoms with E-state index in [1.54, 1.807) is 11.7 Å². The van der Waals surface area contributed by atoms with Crippen LogP contribution in [0.15, 0.2) is 80.8 Å². The van der Waals surface area contributed by atoms with Crippen LogP contribution in [0, 0.1) is 6.92 Å². The van der Waals surface area contributed by atoms with Crippen LogP contribution in [0.25, 0.3) is 33.6 Å². The number of hydrogen-bond donors (Lipinski definition) is 1. The summed E-state index contributed by atoms with van der Waals surface area (Å²) in [5, 5.41) is 3.86. The summed E-state index contributed by atoms with van der Waals surface area (Å²) in [5.41, 5.74) is 6.21. The summed E-state index contributed by atoms with van der Waals surface area (Å²) < 4.78 is 18.6. The average molecular weight is 633 g/mol. The van der Waals surface area contributed by atoms with Gasteiger partial charge in [-0.1, -0.05) is 66.7 Å². The van der Waals surface area contributed by atoms with Gasteiger partial charge in [0.1, 0.15) is 17.2 Å². The van der Waals surface area contributed by atoms with Crippen LogP contribution < -0.4 is 16.1 Å². The number of aryl methyl sites for hydroxylation is 2. The van der Waals surface area contributed by atoms with Crippen LogP contribution in [-0.2, 0) is 17.7 Å². The Morgan fingerprint density at radius 1 is 1.02 bits per heavy atom. The van der Waals surface area contributed by atoms with Crippen molar-refractivity contribution in [2.45, 2.75) is 65.2 Å². The second-order valence-corrected chi connectivity index (χ2v) is 11.9. The van der Waals surface area contributed by atoms with E-state index in [-0.39, 0.29) is 68.6 Å². The molecule has 6 rings (SSSR count). The Bertz CT molecular complexity index is 1940. The van der Waals surface area contributed by atoms with E-state index in [1.165, 1.54) is 0 Å². The van der Waals surface area contributed by atoms with E-state index >= 15 is 0 Å². The second-order valence-electron chi connectivity index (χ2n) is 11.9. The van der Waals surface area contributed by atoms with Gasteiger partial charge in [-0.15, -0.1) is 0 Å². The van der Waals surface area contributed by atoms with Crippen molar-refractivity contribution in [3.63, 3.8) is 0 Å². The van der Waals surface area contributed by atoms with Crippen molar-refractivity contribution >= 4 is 51.4 Å². The minimum atomic E-state index is -0.601. The van der Waals surface area contributed by atoms with Crippen LogP contribution in [0.3, 0.4) is 0 Å². The third-order valence-electron chi connectivity index (χ3n) is 8.12. The first kappa shape index (κ1) is 33.2. The Morgan fingerprint density at radius 3 is 2.40 bits per heavy atom. The molecule has 0 amide bonds. The molecule has 0 saturated heterocycles. The first-order valence-electron chi connectivity index (χ1n) is 14.9. The number of rotatable bonds is 8. The molecule has 0 fully saturated rings. The summed E-state index contributed by atoms with van der Waals surface area (Å²) in [7, 11) is 1.71. The van der Waals surface area contributed by atoms with E-state index in [9.17, 15) is 9.59 Å². The van der Waals surface area contributed by atoms with Gasteiger partial charge in [0.25, 0.3) is 5.56 Å². The third-order valence-corrected chi connectivity index (χ3v) is 8.12. The summed E-state index contributed by atoms with van der Waals surface area (Å²) in [6.07, 6.45) is 2.15. The second kappa shape index (κ2) is 13.7. The summed E-state index contributed by atoms with van der Waals surface area (Å²) >= 11 is 0. The fraction of sp³-hybridized carbons (Fsp3) is 0.314. The van der Waals surface area contributed by atoms with E-state index in [2.05, 4.69) is 30.9 Å². The zero-order valence-electron chi connectivity index (χ0n) is 25.6. The van der Waals surface area contributed by atoms with Crippen molar-refractivity contribution in [1.29, 1.82) is 0 Å². The first-order valence-corrected chi connectivity index (χ1v) is 14.9. The maximum atomic E-state index is 14.2. The fourth-order valence-electron chi connectivity index (χ4n) is 6.04. The SMILES string of the molecule is CCCc1nc(C)c(-c2ccc3c(c2)C(OC)CC(C)(C)O3)c(=O)n1Cc1ccc(-c2ccccc2-c2noc(=O)[nH]2)cc1.[KH]. The van der Waals surface area contributed by atoms with Crippen molar-refractivity contribution in [2.75, 3.05) is 7.11 Å². The van der Waals surface area contributed by atoms with Crippen LogP contribution in [0.2, 0.25) is 0 Å². The Labute approximate surface area is 304 Å². The molecule has 5 aromatic rings. The Kier molecular flexibility index (Phi) is 10.1. The van der Waals surface area contributed by atoms with Gasteiger partial charge in [0.15, 0.2) is 5.82 Å². The van der Waals surface area contributed by atoms with Crippen LogP contribution in [0.1, 0.15) is 62.4 Å². The molecule has 1 N–H and O–H groups in total. The zero-order valence-corrected chi connectivity index (χ0v) is 25.6. The predicted molar refractivity (Wildman–Crippen MR) is 176 cm³/mol. The quantitative estimate of drug-likeness (QED) is 0.214. The summed E-state index contributed by atoms with van der Waals surface area (Å²) in [5.74, 6) is 1.32. The number of fused-ring (bicyclic) bond motifs is 1. The third kappa shape index (κ3) is 6.86. The van der Waals surface area contributed by atoms with E-state index in [0.717, 1.165) is 51.4 Å². The van der Waals surface area contributed by atoms with Gasteiger partial charge in [0.05, 0.1) is 23.9 Å². The van der Waals surface area contributed by atoms with Crippen molar-refractivity contribution in [2.24, 2.45) is 0 Å². The van der Waals surface area contributed by atoms with Crippen molar-refractivity contribution < 1.29 is 14.0 Å². The van der Waals surface area contributed by atoms with Crippen LogP contribution in [-0.4, -0.2) is 83.8 Å². The van der Waals surface area contributed by atoms with Gasteiger partial charge in [0.2, 0.25) is 0 Å². The van der Waals surface area contributed by atoms with Crippen LogP contribution >= 0.6 is 0 Å². The Hall–Kier alpha value is -3.12. The first-order chi connectivity index (χ1) is 21.2. The molecule has 3 aromatic carbocycles. The van der Waals surface area contributed by atoms with Crippen molar-refractivity contribution in [1.82, 2.24) is 19.7 Å². The molecular weight excluding hydrogens is 596 g/mol. The van der Waals surface area contributed by atoms with Gasteiger partial charge >= 0.3 is 57.1 Å². The molecule has 0 saturated carbocycles. The molecule has 2 aromatic heterocycles. The molecule has 10 heteroatoms. The number of H-pyrrole nitrogens is 1. The van der Waals surface area contributed by atoms with Crippen molar-refractivity contribution in [3.05, 3.63) is 110 Å². The van der Waals surface area contributed by atoms with Crippen LogP contribution in [0.5, 0.6) is 5.75 Å². The van der Waals surface area contributed by atoms with E-state index in [1.807, 2.05) is 73.7 Å². The zero-order chi connectivity index (χ0) is 31.0. The standard InChI is InChI=1S/C35H36N4O5.K.H/c1-6-9-30-36-21(2)31(24-16-17-28-27(18-24)29(42-5)19-35(3,4)43-28)33(40)39(30)20-22-12-14-23(15-13-22)25-10-7-8-11-26(25)32-37-34(41)44-38-32;;/h7-8,10-18,29H,6,9,19-20H2,1-5H3,(H,37,38,41);;. The number of nitrogens with one attached hydrogen (secondary N) is 1. The Morgan fingerprint density at radius 2 is 1.73 bits per heavy atom. The van der Waals surface area contributed by atoms with Gasteiger partial charge in [-0.3, -0.25) is 18.9 Å². The Balaban J connectivity index is 0.00000400. The van der Waals surface area contributed by atoms with E-state index in [4.69, 9.17) is 19.0 Å². The number of methoxy groups -OCH3 is 1. The molecule has 9 nitrogen and oxygen atoms in total. The molecule has 45 heavy (non-hydrogen) atoms. The van der Waals surface area contributed by atoms with Crippen LogP contribution in [0.4, 0.5) is 0 Å². The molecule has 1 unspecified atom stereocenters. The average Bonchev–Trinajstić information content (AvgIpc) is 3.45. The fourth-order valence-corrected chi connectivity index (χ4v) is 6.04. The number of ether oxygens (including phenoxy) is 2. The van der Waals surface area contributed by atoms with Crippen molar-refractivity contribution in [3.8, 4) is 39.4 Å². The van der Waals surface area contributed by atoms with Gasteiger partial charge in [-0.25, -0.2) is 9.78 Å². The molecule has 0 spiro atoms. The van der Waals surface area contributed by atoms with Gasteiger partial charge < -0.3 is 9.47 Å². The molecule has 1 aliphatic heterocycles. The van der Waals surface area contributed by atoms with Gasteiger partial charge in [-0.05, 0) is 61.6 Å². The van der Waals surface area contributed by atoms with Gasteiger partial charge in [-0.2, -0.15) is 0 Å². The molecule has 228 valence electrons. The normalized spacial score (nSPS) is 15.2. The number of benzene rings is 3. The number of hydrogen-bond acceptors (Lipinski definition) is 7. The van der Waals surface area contributed by atoms with Gasteiger partial charge in [0, 0.05) is 31.1 Å². The molecule has 1 atom stereocenters. The molecular formula is C35H37KN4O5. The molecule has 0 bridgehead atoms. The summed E-state index contributed by atoms with van der Waals surface area (Å²) in [6.45, 7) is 8.49. The predicted octanol–water partition coefficient (Wildman–Crippen LogP) is 5.83. The molecule has 3 heterocycles. The maximum absolute atomic E-state index is 14.2. The monoisotopic (exact) mass is 632 g/mol. The number of aromatic nitrogens is 4. The van der Waals surface area contributed by atoms with E-state index < -0.39 is 5.76 Å². The summed E-state index contributed by atoms with van der Waals surface area (Å²) in [4.78, 5) is 33.3. The summed E-state index contributed by atoms with van der Waals surface area (Å²) in [6, 6.07) is 21.6. The number of aromatic amines is 1. The molecule has 1 aliphatic rings.